The van der Waals surface area contributed by atoms with E-state index in [0.29, 0.717) is 22.5 Å². The van der Waals surface area contributed by atoms with Crippen molar-refractivity contribution >= 4 is 17.4 Å². The number of hydrogen-bond donors (Lipinski definition) is 0. The average molecular weight is 541 g/mol. The highest BCUT2D eigenvalue weighted by atomic mass is 19.4. The van der Waals surface area contributed by atoms with Gasteiger partial charge in [-0.05, 0) is 60.2 Å². The molecule has 1 amide bonds. The molecule has 40 heavy (non-hydrogen) atoms. The van der Waals surface area contributed by atoms with E-state index >= 15 is 0 Å². The Balaban J connectivity index is 1.47. The SMILES string of the molecule is O=C(N=C1c2ccccc2CN1c1cccc(C(F)(F)F)c1)c1cn(-c2ccccc2)nc1-c1ccc(F)cc1. The lowest BCUT2D eigenvalue weighted by Gasteiger charge is -2.20. The van der Waals surface area contributed by atoms with Gasteiger partial charge >= 0.3 is 6.18 Å². The summed E-state index contributed by atoms with van der Waals surface area (Å²) in [5, 5.41) is 4.60. The van der Waals surface area contributed by atoms with Gasteiger partial charge in [-0.25, -0.2) is 9.07 Å². The minimum absolute atomic E-state index is 0.163. The molecule has 0 radical (unpaired) electrons. The van der Waals surface area contributed by atoms with Crippen molar-refractivity contribution in [1.29, 1.82) is 0 Å². The molecule has 0 saturated carbocycles. The summed E-state index contributed by atoms with van der Waals surface area (Å²) >= 11 is 0. The van der Waals surface area contributed by atoms with Gasteiger partial charge < -0.3 is 4.90 Å². The molecule has 0 unspecified atom stereocenters. The number of para-hydroxylation sites is 1. The number of aromatic nitrogens is 2. The Hall–Kier alpha value is -5.05. The minimum Gasteiger partial charge on any atom is -0.321 e. The molecular weight excluding hydrogens is 520 g/mol. The lowest BCUT2D eigenvalue weighted by molar-refractivity contribution is -0.137. The highest BCUT2D eigenvalue weighted by Crippen LogP contribution is 2.35. The Labute approximate surface area is 226 Å². The predicted molar refractivity (Wildman–Crippen MR) is 144 cm³/mol. The van der Waals surface area contributed by atoms with Gasteiger partial charge in [-0.2, -0.15) is 23.3 Å². The molecule has 1 aliphatic rings. The van der Waals surface area contributed by atoms with Gasteiger partial charge in [-0.3, -0.25) is 4.79 Å². The molecular formula is C31H20F4N4O. The molecule has 1 aliphatic heterocycles. The number of aliphatic imine (C=N–C) groups is 1. The molecule has 5 aromatic rings. The van der Waals surface area contributed by atoms with Gasteiger partial charge in [0.15, 0.2) is 0 Å². The van der Waals surface area contributed by atoms with Gasteiger partial charge in [0.05, 0.1) is 23.4 Å². The number of fused-ring (bicyclic) bond motifs is 1. The highest BCUT2D eigenvalue weighted by molar-refractivity contribution is 6.19. The van der Waals surface area contributed by atoms with Crippen molar-refractivity contribution in [2.45, 2.75) is 12.7 Å². The van der Waals surface area contributed by atoms with E-state index in [0.717, 1.165) is 17.7 Å². The zero-order valence-corrected chi connectivity index (χ0v) is 20.8. The van der Waals surface area contributed by atoms with Crippen molar-refractivity contribution in [3.8, 4) is 16.9 Å². The van der Waals surface area contributed by atoms with Crippen LogP contribution in [0.15, 0.2) is 114 Å². The van der Waals surface area contributed by atoms with E-state index in [9.17, 15) is 22.4 Å². The fraction of sp³-hybridized carbons (Fsp3) is 0.0645. The zero-order chi connectivity index (χ0) is 27.9. The first-order valence-corrected chi connectivity index (χ1v) is 12.3. The molecule has 0 atom stereocenters. The second-order valence-electron chi connectivity index (χ2n) is 9.21. The summed E-state index contributed by atoms with van der Waals surface area (Å²) < 4.78 is 55.7. The van der Waals surface area contributed by atoms with Crippen LogP contribution in [-0.2, 0) is 12.7 Å². The van der Waals surface area contributed by atoms with Gasteiger partial charge in [0, 0.05) is 23.0 Å². The Morgan fingerprint density at radius 2 is 1.52 bits per heavy atom. The third-order valence-electron chi connectivity index (χ3n) is 6.62. The van der Waals surface area contributed by atoms with Gasteiger partial charge in [0.2, 0.25) is 0 Å². The van der Waals surface area contributed by atoms with Crippen LogP contribution >= 0.6 is 0 Å². The van der Waals surface area contributed by atoms with Crippen LogP contribution in [0.5, 0.6) is 0 Å². The van der Waals surface area contributed by atoms with E-state index in [2.05, 4.69) is 10.1 Å². The summed E-state index contributed by atoms with van der Waals surface area (Å²) in [6.45, 7) is 0.248. The van der Waals surface area contributed by atoms with Crippen LogP contribution in [0.3, 0.4) is 0 Å². The minimum atomic E-state index is -4.52. The molecule has 6 rings (SSSR count). The van der Waals surface area contributed by atoms with E-state index < -0.39 is 23.5 Å². The summed E-state index contributed by atoms with van der Waals surface area (Å²) in [7, 11) is 0. The molecule has 2 heterocycles. The standard InChI is InChI=1S/C31H20F4N4O/c32-23-15-13-20(14-16-23)28-27(19-39(37-28)24-9-2-1-3-10-24)30(40)36-29-26-12-5-4-7-21(26)18-38(29)25-11-6-8-22(17-25)31(33,34)35/h1-17,19H,18H2. The fourth-order valence-electron chi connectivity index (χ4n) is 4.67. The molecule has 0 spiro atoms. The number of carbonyl (C=O) groups is 1. The average Bonchev–Trinajstić information content (AvgIpc) is 3.56. The first-order valence-electron chi connectivity index (χ1n) is 12.3. The van der Waals surface area contributed by atoms with Crippen molar-refractivity contribution in [1.82, 2.24) is 9.78 Å². The topological polar surface area (TPSA) is 50.5 Å². The maximum atomic E-state index is 13.8. The summed E-state index contributed by atoms with van der Waals surface area (Å²) in [6, 6.07) is 26.9. The zero-order valence-electron chi connectivity index (χ0n) is 20.8. The Morgan fingerprint density at radius 1 is 0.825 bits per heavy atom. The van der Waals surface area contributed by atoms with Crippen LogP contribution in [0.25, 0.3) is 16.9 Å². The maximum Gasteiger partial charge on any atom is 0.416 e. The van der Waals surface area contributed by atoms with Crippen LogP contribution in [0.1, 0.15) is 27.0 Å². The monoisotopic (exact) mass is 540 g/mol. The van der Waals surface area contributed by atoms with Crippen LogP contribution in [0, 0.1) is 5.82 Å². The van der Waals surface area contributed by atoms with Crippen molar-refractivity contribution in [2.75, 3.05) is 4.90 Å². The normalized spacial score (nSPS) is 14.0. The van der Waals surface area contributed by atoms with Gasteiger partial charge in [0.25, 0.3) is 5.91 Å². The molecule has 5 nitrogen and oxygen atoms in total. The third-order valence-corrected chi connectivity index (χ3v) is 6.62. The number of halogens is 4. The molecule has 1 aromatic heterocycles. The number of carbonyl (C=O) groups excluding carboxylic acids is 1. The first-order chi connectivity index (χ1) is 19.3. The van der Waals surface area contributed by atoms with Gasteiger partial charge in [-0.15, -0.1) is 0 Å². The Kier molecular flexibility index (Phi) is 6.26. The van der Waals surface area contributed by atoms with E-state index in [1.807, 2.05) is 42.5 Å². The summed E-state index contributed by atoms with van der Waals surface area (Å²) in [5.41, 5.74) is 2.62. The molecule has 0 fully saturated rings. The van der Waals surface area contributed by atoms with Crippen molar-refractivity contribution in [3.63, 3.8) is 0 Å². The second-order valence-corrected chi connectivity index (χ2v) is 9.21. The van der Waals surface area contributed by atoms with Crippen LogP contribution in [-0.4, -0.2) is 21.5 Å². The van der Waals surface area contributed by atoms with E-state index in [4.69, 9.17) is 0 Å². The molecule has 0 saturated heterocycles. The number of amidine groups is 1. The number of anilines is 1. The van der Waals surface area contributed by atoms with E-state index in [-0.39, 0.29) is 23.6 Å². The van der Waals surface area contributed by atoms with E-state index in [1.54, 1.807) is 34.0 Å². The van der Waals surface area contributed by atoms with Crippen LogP contribution in [0.4, 0.5) is 23.2 Å². The molecule has 198 valence electrons. The second kappa shape index (κ2) is 9.92. The van der Waals surface area contributed by atoms with Crippen LogP contribution in [0.2, 0.25) is 0 Å². The quantitative estimate of drug-likeness (QED) is 0.225. The smallest absolute Gasteiger partial charge is 0.321 e. The van der Waals surface area contributed by atoms with Crippen molar-refractivity contribution < 1.29 is 22.4 Å². The number of rotatable bonds is 4. The van der Waals surface area contributed by atoms with Gasteiger partial charge in [0.1, 0.15) is 17.3 Å². The summed E-state index contributed by atoms with van der Waals surface area (Å²) in [5.74, 6) is -0.832. The van der Waals surface area contributed by atoms with Crippen molar-refractivity contribution in [3.05, 3.63) is 137 Å². The van der Waals surface area contributed by atoms with Crippen LogP contribution < -0.4 is 4.90 Å². The number of alkyl halides is 3. The summed E-state index contributed by atoms with van der Waals surface area (Å²) in [6.07, 6.45) is -2.97. The van der Waals surface area contributed by atoms with Crippen molar-refractivity contribution in [2.24, 2.45) is 4.99 Å². The third kappa shape index (κ3) is 4.77. The first kappa shape index (κ1) is 25.2. The lowest BCUT2D eigenvalue weighted by Crippen LogP contribution is -2.25. The molecule has 0 N–H and O–H groups in total. The molecule has 0 bridgehead atoms. The van der Waals surface area contributed by atoms with E-state index in [1.165, 1.54) is 30.3 Å². The Morgan fingerprint density at radius 3 is 2.27 bits per heavy atom. The maximum absolute atomic E-state index is 13.8. The molecule has 0 aliphatic carbocycles. The fourth-order valence-corrected chi connectivity index (χ4v) is 4.67. The number of amides is 1. The molecule has 9 heteroatoms. The number of nitrogens with zero attached hydrogens (tertiary/aromatic N) is 4. The molecule has 4 aromatic carbocycles. The van der Waals surface area contributed by atoms with Gasteiger partial charge in [-0.1, -0.05) is 48.5 Å². The Bertz CT molecular complexity index is 1740. The highest BCUT2D eigenvalue weighted by Gasteiger charge is 2.33. The number of hydrogen-bond acceptors (Lipinski definition) is 2. The predicted octanol–water partition coefficient (Wildman–Crippen LogP) is 7.30. The lowest BCUT2D eigenvalue weighted by atomic mass is 10.1. The number of benzene rings is 4. The summed E-state index contributed by atoms with van der Waals surface area (Å²) in [4.78, 5) is 19.8. The largest absolute Gasteiger partial charge is 0.416 e.